The number of carbonyl (C=O) groups is 1. The zero-order valence-electron chi connectivity index (χ0n) is 15.2. The number of halogens is 1. The maximum absolute atomic E-state index is 11.9. The van der Waals surface area contributed by atoms with E-state index in [1.807, 2.05) is 18.2 Å². The summed E-state index contributed by atoms with van der Waals surface area (Å²) in [6, 6.07) is 13.1. The van der Waals surface area contributed by atoms with Crippen molar-refractivity contribution in [3.8, 4) is 0 Å². The number of pyridine rings is 1. The fraction of sp³-hybridized carbons (Fsp3) is 0.400. The van der Waals surface area contributed by atoms with Crippen molar-refractivity contribution in [1.82, 2.24) is 15.2 Å². The SMILES string of the molecule is O=C(NCCN1CCC(O)(Cc2ccccc2)CC1)Nc1ccnc(Cl)c1. The average molecular weight is 389 g/mol. The molecule has 3 rings (SSSR count). The van der Waals surface area contributed by atoms with Gasteiger partial charge in [-0.15, -0.1) is 0 Å². The summed E-state index contributed by atoms with van der Waals surface area (Å²) < 4.78 is 0. The summed E-state index contributed by atoms with van der Waals surface area (Å²) in [4.78, 5) is 18.1. The minimum absolute atomic E-state index is 0.269. The van der Waals surface area contributed by atoms with Crippen LogP contribution in [-0.4, -0.2) is 52.8 Å². The predicted octanol–water partition coefficient (Wildman–Crippen LogP) is 2.93. The standard InChI is InChI=1S/C20H25ClN4O2/c21-18-14-17(6-9-22-18)24-19(26)23-10-13-25-11-7-20(27,8-12-25)15-16-4-2-1-3-5-16/h1-6,9,14,27H,7-8,10-13,15H2,(H2,22,23,24,26). The Bertz CT molecular complexity index is 749. The minimum Gasteiger partial charge on any atom is -0.389 e. The second-order valence-corrected chi connectivity index (χ2v) is 7.36. The first-order chi connectivity index (χ1) is 13.0. The van der Waals surface area contributed by atoms with Crippen molar-refractivity contribution in [1.29, 1.82) is 0 Å². The van der Waals surface area contributed by atoms with E-state index in [4.69, 9.17) is 11.6 Å². The van der Waals surface area contributed by atoms with E-state index in [9.17, 15) is 9.90 Å². The Kier molecular flexibility index (Phi) is 6.66. The first kappa shape index (κ1) is 19.6. The van der Waals surface area contributed by atoms with E-state index < -0.39 is 5.60 Å². The molecule has 1 aliphatic rings. The number of benzene rings is 1. The van der Waals surface area contributed by atoms with Crippen LogP contribution in [0.1, 0.15) is 18.4 Å². The first-order valence-electron chi connectivity index (χ1n) is 9.18. The van der Waals surface area contributed by atoms with E-state index in [1.54, 1.807) is 18.3 Å². The number of urea groups is 1. The number of hydrogen-bond acceptors (Lipinski definition) is 4. The number of aromatic nitrogens is 1. The quantitative estimate of drug-likeness (QED) is 0.665. The molecule has 1 aliphatic heterocycles. The molecule has 1 fully saturated rings. The van der Waals surface area contributed by atoms with Gasteiger partial charge in [0.2, 0.25) is 0 Å². The molecular formula is C20H25ClN4O2. The first-order valence-corrected chi connectivity index (χ1v) is 9.55. The molecule has 27 heavy (non-hydrogen) atoms. The Morgan fingerprint density at radius 3 is 2.67 bits per heavy atom. The third-order valence-electron chi connectivity index (χ3n) is 4.86. The molecular weight excluding hydrogens is 364 g/mol. The van der Waals surface area contributed by atoms with Crippen molar-refractivity contribution in [2.24, 2.45) is 0 Å². The lowest BCUT2D eigenvalue weighted by molar-refractivity contribution is -0.0201. The zero-order valence-corrected chi connectivity index (χ0v) is 16.0. The lowest BCUT2D eigenvalue weighted by Crippen LogP contribution is -2.47. The number of aliphatic hydroxyl groups is 1. The third kappa shape index (κ3) is 6.20. The lowest BCUT2D eigenvalue weighted by Gasteiger charge is -2.38. The Balaban J connectivity index is 1.36. The number of likely N-dealkylation sites (tertiary alicyclic amines) is 1. The van der Waals surface area contributed by atoms with Crippen LogP contribution in [0.3, 0.4) is 0 Å². The summed E-state index contributed by atoms with van der Waals surface area (Å²) in [6.07, 6.45) is 3.71. The van der Waals surface area contributed by atoms with Crippen LogP contribution >= 0.6 is 11.6 Å². The minimum atomic E-state index is -0.636. The third-order valence-corrected chi connectivity index (χ3v) is 5.07. The number of carbonyl (C=O) groups excluding carboxylic acids is 1. The Morgan fingerprint density at radius 2 is 1.96 bits per heavy atom. The second kappa shape index (κ2) is 9.17. The van der Waals surface area contributed by atoms with Gasteiger partial charge >= 0.3 is 6.03 Å². The van der Waals surface area contributed by atoms with Crippen molar-refractivity contribution in [3.63, 3.8) is 0 Å². The molecule has 0 unspecified atom stereocenters. The molecule has 0 bridgehead atoms. The highest BCUT2D eigenvalue weighted by Crippen LogP contribution is 2.26. The Morgan fingerprint density at radius 1 is 1.22 bits per heavy atom. The molecule has 2 amide bonds. The zero-order chi connectivity index (χ0) is 19.1. The van der Waals surface area contributed by atoms with Crippen LogP contribution in [0.4, 0.5) is 10.5 Å². The fourth-order valence-corrected chi connectivity index (χ4v) is 3.50. The number of anilines is 1. The van der Waals surface area contributed by atoms with Gasteiger partial charge in [-0.25, -0.2) is 9.78 Å². The van der Waals surface area contributed by atoms with Crippen LogP contribution in [0.5, 0.6) is 0 Å². The number of nitrogens with zero attached hydrogens (tertiary/aromatic N) is 2. The van der Waals surface area contributed by atoms with Gasteiger partial charge in [-0.3, -0.25) is 0 Å². The second-order valence-electron chi connectivity index (χ2n) is 6.98. The van der Waals surface area contributed by atoms with Gasteiger partial charge in [-0.05, 0) is 30.5 Å². The average Bonchev–Trinajstić information content (AvgIpc) is 2.64. The smallest absolute Gasteiger partial charge is 0.319 e. The molecule has 0 spiro atoms. The van der Waals surface area contributed by atoms with Gasteiger partial charge in [0.15, 0.2) is 0 Å². The van der Waals surface area contributed by atoms with Crippen LogP contribution in [0.2, 0.25) is 5.15 Å². The van der Waals surface area contributed by atoms with E-state index in [-0.39, 0.29) is 6.03 Å². The number of amides is 2. The monoisotopic (exact) mass is 388 g/mol. The molecule has 1 aromatic heterocycles. The van der Waals surface area contributed by atoms with Gasteiger partial charge in [0.05, 0.1) is 5.60 Å². The molecule has 0 saturated carbocycles. The molecule has 0 radical (unpaired) electrons. The van der Waals surface area contributed by atoms with Gasteiger partial charge in [0.1, 0.15) is 5.15 Å². The van der Waals surface area contributed by atoms with Gasteiger partial charge in [-0.2, -0.15) is 0 Å². The largest absolute Gasteiger partial charge is 0.389 e. The lowest BCUT2D eigenvalue weighted by atomic mass is 9.85. The van der Waals surface area contributed by atoms with Gasteiger partial charge < -0.3 is 20.6 Å². The molecule has 0 aliphatic carbocycles. The summed E-state index contributed by atoms with van der Waals surface area (Å²) in [5, 5.41) is 16.7. The highest BCUT2D eigenvalue weighted by Gasteiger charge is 2.32. The van der Waals surface area contributed by atoms with Crippen LogP contribution < -0.4 is 10.6 Å². The van der Waals surface area contributed by atoms with E-state index in [0.717, 1.165) is 32.5 Å². The number of piperidine rings is 1. The predicted molar refractivity (Wildman–Crippen MR) is 107 cm³/mol. The molecule has 6 nitrogen and oxygen atoms in total. The number of nitrogens with one attached hydrogen (secondary N) is 2. The van der Waals surface area contributed by atoms with Crippen LogP contribution in [0.15, 0.2) is 48.7 Å². The van der Waals surface area contributed by atoms with Crippen LogP contribution in [0, 0.1) is 0 Å². The van der Waals surface area contributed by atoms with E-state index in [2.05, 4.69) is 32.7 Å². The molecule has 3 N–H and O–H groups in total. The molecule has 2 heterocycles. The highest BCUT2D eigenvalue weighted by atomic mass is 35.5. The fourth-order valence-electron chi connectivity index (χ4n) is 3.33. The van der Waals surface area contributed by atoms with E-state index in [0.29, 0.717) is 23.8 Å². The maximum Gasteiger partial charge on any atom is 0.319 e. The topological polar surface area (TPSA) is 77.5 Å². The van der Waals surface area contributed by atoms with Crippen molar-refractivity contribution in [3.05, 3.63) is 59.4 Å². The van der Waals surface area contributed by atoms with Crippen molar-refractivity contribution >= 4 is 23.3 Å². The van der Waals surface area contributed by atoms with Crippen LogP contribution in [-0.2, 0) is 6.42 Å². The van der Waals surface area contributed by atoms with Gasteiger partial charge in [0.25, 0.3) is 0 Å². The normalized spacial score (nSPS) is 16.7. The highest BCUT2D eigenvalue weighted by molar-refractivity contribution is 6.29. The molecule has 144 valence electrons. The summed E-state index contributed by atoms with van der Waals surface area (Å²) in [5.41, 5.74) is 1.14. The summed E-state index contributed by atoms with van der Waals surface area (Å²) in [7, 11) is 0. The summed E-state index contributed by atoms with van der Waals surface area (Å²) in [6.45, 7) is 2.95. The Labute approximate surface area is 164 Å². The van der Waals surface area contributed by atoms with Gasteiger partial charge in [0, 0.05) is 44.5 Å². The Hall–Kier alpha value is -2.15. The van der Waals surface area contributed by atoms with Crippen molar-refractivity contribution < 1.29 is 9.90 Å². The van der Waals surface area contributed by atoms with Crippen molar-refractivity contribution in [2.45, 2.75) is 24.9 Å². The number of hydrogen-bond donors (Lipinski definition) is 3. The van der Waals surface area contributed by atoms with Gasteiger partial charge in [-0.1, -0.05) is 41.9 Å². The molecule has 1 aromatic carbocycles. The summed E-state index contributed by atoms with van der Waals surface area (Å²) >= 11 is 5.80. The van der Waals surface area contributed by atoms with E-state index >= 15 is 0 Å². The number of rotatable bonds is 6. The molecule has 0 atom stereocenters. The van der Waals surface area contributed by atoms with Crippen molar-refractivity contribution in [2.75, 3.05) is 31.5 Å². The molecule has 2 aromatic rings. The molecule has 7 heteroatoms. The maximum atomic E-state index is 11.9. The van der Waals surface area contributed by atoms with E-state index in [1.165, 1.54) is 5.56 Å². The summed E-state index contributed by atoms with van der Waals surface area (Å²) in [5.74, 6) is 0. The molecule has 1 saturated heterocycles. The van der Waals surface area contributed by atoms with Crippen LogP contribution in [0.25, 0.3) is 0 Å².